The lowest BCUT2D eigenvalue weighted by molar-refractivity contribution is -0.176. The van der Waals surface area contributed by atoms with Gasteiger partial charge in [0.05, 0.1) is 24.2 Å². The molecule has 0 aromatic carbocycles. The summed E-state index contributed by atoms with van der Waals surface area (Å²) < 4.78 is 40.5. The molecule has 0 aliphatic heterocycles. The SMILES string of the molecule is C/C=C\C(C)c1ncc(N)c(COCC(F)(F)F)n1.C=CCC. The molecule has 1 atom stereocenters. The van der Waals surface area contributed by atoms with Crippen molar-refractivity contribution in [3.63, 3.8) is 0 Å². The lowest BCUT2D eigenvalue weighted by Gasteiger charge is -2.11. The minimum atomic E-state index is -4.36. The first-order valence-corrected chi connectivity index (χ1v) is 7.24. The normalized spacial score (nSPS) is 12.6. The standard InChI is InChI=1S/C12H16F3N3O.C4H8/c1-3-4-8(2)11-17-5-9(16)10(18-11)6-19-7-12(13,14)15;1-3-4-2/h3-5,8H,6-7,16H2,1-2H3;3H,1,4H2,2H3/b4-3-;. The highest BCUT2D eigenvalue weighted by molar-refractivity contribution is 5.40. The molecule has 4 nitrogen and oxygen atoms in total. The molecule has 0 aliphatic rings. The number of rotatable bonds is 6. The van der Waals surface area contributed by atoms with Crippen molar-refractivity contribution in [2.24, 2.45) is 0 Å². The number of ether oxygens (including phenoxy) is 1. The molecule has 130 valence electrons. The van der Waals surface area contributed by atoms with Gasteiger partial charge < -0.3 is 10.5 Å². The summed E-state index contributed by atoms with van der Waals surface area (Å²) in [7, 11) is 0. The van der Waals surface area contributed by atoms with Gasteiger partial charge in [-0.2, -0.15) is 13.2 Å². The fraction of sp³-hybridized carbons (Fsp3) is 0.500. The largest absolute Gasteiger partial charge is 0.411 e. The monoisotopic (exact) mass is 331 g/mol. The summed E-state index contributed by atoms with van der Waals surface area (Å²) in [6.07, 6.45) is 3.72. The number of halogens is 3. The highest BCUT2D eigenvalue weighted by atomic mass is 19.4. The van der Waals surface area contributed by atoms with Crippen LogP contribution in [-0.2, 0) is 11.3 Å². The molecule has 1 aromatic heterocycles. The van der Waals surface area contributed by atoms with E-state index >= 15 is 0 Å². The maximum atomic E-state index is 12.0. The fourth-order valence-corrected chi connectivity index (χ4v) is 1.42. The van der Waals surface area contributed by atoms with E-state index in [1.807, 2.05) is 32.1 Å². The Morgan fingerprint density at radius 3 is 2.52 bits per heavy atom. The molecule has 0 saturated carbocycles. The zero-order valence-electron chi connectivity index (χ0n) is 13.7. The Bertz CT molecular complexity index is 502. The van der Waals surface area contributed by atoms with Gasteiger partial charge >= 0.3 is 6.18 Å². The summed E-state index contributed by atoms with van der Waals surface area (Å²) in [4.78, 5) is 8.18. The first-order chi connectivity index (χ1) is 10.7. The molecule has 1 rings (SSSR count). The number of anilines is 1. The highest BCUT2D eigenvalue weighted by Crippen LogP contribution is 2.18. The van der Waals surface area contributed by atoms with E-state index < -0.39 is 12.8 Å². The van der Waals surface area contributed by atoms with Crippen molar-refractivity contribution in [2.45, 2.75) is 45.9 Å². The number of nitrogen functional groups attached to an aromatic ring is 1. The summed E-state index contributed by atoms with van der Waals surface area (Å²) in [6, 6.07) is 0. The fourth-order valence-electron chi connectivity index (χ4n) is 1.42. The van der Waals surface area contributed by atoms with Crippen LogP contribution in [0.4, 0.5) is 18.9 Å². The number of nitrogens with zero attached hydrogens (tertiary/aromatic N) is 2. The summed E-state index contributed by atoms with van der Waals surface area (Å²) >= 11 is 0. The van der Waals surface area contributed by atoms with Crippen molar-refractivity contribution in [1.29, 1.82) is 0 Å². The maximum absolute atomic E-state index is 12.0. The van der Waals surface area contributed by atoms with Crippen LogP contribution in [0.2, 0.25) is 0 Å². The van der Waals surface area contributed by atoms with Crippen LogP contribution in [0, 0.1) is 0 Å². The zero-order chi connectivity index (χ0) is 17.9. The Balaban J connectivity index is 0.00000108. The molecular weight excluding hydrogens is 307 g/mol. The molecule has 1 unspecified atom stereocenters. The quantitative estimate of drug-likeness (QED) is 0.785. The van der Waals surface area contributed by atoms with Crippen LogP contribution in [0.1, 0.15) is 44.6 Å². The van der Waals surface area contributed by atoms with Crippen LogP contribution in [-0.4, -0.2) is 22.8 Å². The van der Waals surface area contributed by atoms with Gasteiger partial charge in [-0.05, 0) is 13.3 Å². The van der Waals surface area contributed by atoms with Gasteiger partial charge in [-0.1, -0.05) is 32.1 Å². The van der Waals surface area contributed by atoms with E-state index in [9.17, 15) is 13.2 Å². The lowest BCUT2D eigenvalue weighted by Crippen LogP contribution is -2.17. The second-order valence-corrected chi connectivity index (χ2v) is 4.75. The van der Waals surface area contributed by atoms with E-state index in [1.54, 1.807) is 0 Å². The highest BCUT2D eigenvalue weighted by Gasteiger charge is 2.27. The van der Waals surface area contributed by atoms with Gasteiger partial charge in [0.1, 0.15) is 12.4 Å². The molecule has 1 heterocycles. The number of hydrogen-bond donors (Lipinski definition) is 1. The van der Waals surface area contributed by atoms with Crippen molar-refractivity contribution < 1.29 is 17.9 Å². The van der Waals surface area contributed by atoms with Crippen molar-refractivity contribution in [1.82, 2.24) is 9.97 Å². The molecule has 0 bridgehead atoms. The van der Waals surface area contributed by atoms with Gasteiger partial charge in [-0.25, -0.2) is 9.97 Å². The number of aromatic nitrogens is 2. The van der Waals surface area contributed by atoms with Crippen molar-refractivity contribution in [3.8, 4) is 0 Å². The third kappa shape index (κ3) is 9.67. The predicted molar refractivity (Wildman–Crippen MR) is 85.9 cm³/mol. The van der Waals surface area contributed by atoms with Gasteiger partial charge in [0.2, 0.25) is 0 Å². The van der Waals surface area contributed by atoms with E-state index in [0.717, 1.165) is 6.42 Å². The zero-order valence-corrected chi connectivity index (χ0v) is 13.7. The summed E-state index contributed by atoms with van der Waals surface area (Å²) in [5.41, 5.74) is 6.10. The minimum absolute atomic E-state index is 0.0352. The Hall–Kier alpha value is -1.89. The third-order valence-electron chi connectivity index (χ3n) is 2.60. The molecule has 0 spiro atoms. The van der Waals surface area contributed by atoms with Crippen molar-refractivity contribution >= 4 is 5.69 Å². The molecule has 7 heteroatoms. The van der Waals surface area contributed by atoms with Gasteiger partial charge in [0, 0.05) is 5.92 Å². The molecule has 2 N–H and O–H groups in total. The topological polar surface area (TPSA) is 61.0 Å². The van der Waals surface area contributed by atoms with Crippen LogP contribution in [0.5, 0.6) is 0 Å². The maximum Gasteiger partial charge on any atom is 0.411 e. The third-order valence-corrected chi connectivity index (χ3v) is 2.60. The molecule has 0 aliphatic carbocycles. The average Bonchev–Trinajstić information content (AvgIpc) is 2.48. The molecule has 0 saturated heterocycles. The van der Waals surface area contributed by atoms with Crippen LogP contribution in [0.3, 0.4) is 0 Å². The van der Waals surface area contributed by atoms with E-state index in [1.165, 1.54) is 6.20 Å². The van der Waals surface area contributed by atoms with Gasteiger partial charge in [-0.15, -0.1) is 6.58 Å². The van der Waals surface area contributed by atoms with E-state index in [0.29, 0.717) is 5.82 Å². The summed E-state index contributed by atoms with van der Waals surface area (Å²) in [5.74, 6) is 0.463. The Labute approximate surface area is 135 Å². The van der Waals surface area contributed by atoms with Crippen molar-refractivity contribution in [2.75, 3.05) is 12.3 Å². The van der Waals surface area contributed by atoms with E-state index in [4.69, 9.17) is 5.73 Å². The van der Waals surface area contributed by atoms with Crippen LogP contribution >= 0.6 is 0 Å². The predicted octanol–water partition coefficient (Wildman–Crippen LogP) is 4.40. The Morgan fingerprint density at radius 2 is 2.04 bits per heavy atom. The number of alkyl halides is 3. The molecule has 0 radical (unpaired) electrons. The minimum Gasteiger partial charge on any atom is -0.396 e. The Kier molecular flexibility index (Phi) is 9.89. The van der Waals surface area contributed by atoms with E-state index in [2.05, 4.69) is 28.2 Å². The number of allylic oxidation sites excluding steroid dienone is 3. The van der Waals surface area contributed by atoms with Gasteiger partial charge in [0.25, 0.3) is 0 Å². The Morgan fingerprint density at radius 1 is 1.43 bits per heavy atom. The summed E-state index contributed by atoms with van der Waals surface area (Å²) in [5, 5.41) is 0. The molecule has 0 amide bonds. The molecule has 23 heavy (non-hydrogen) atoms. The molecule has 0 fully saturated rings. The molecule has 1 aromatic rings. The van der Waals surface area contributed by atoms with Gasteiger partial charge in [0.15, 0.2) is 0 Å². The molecular formula is C16H24F3N3O. The smallest absolute Gasteiger partial charge is 0.396 e. The van der Waals surface area contributed by atoms with Crippen LogP contribution < -0.4 is 5.73 Å². The number of nitrogens with two attached hydrogens (primary N) is 1. The van der Waals surface area contributed by atoms with Crippen LogP contribution in [0.15, 0.2) is 31.0 Å². The number of hydrogen-bond acceptors (Lipinski definition) is 4. The lowest BCUT2D eigenvalue weighted by atomic mass is 10.1. The first-order valence-electron chi connectivity index (χ1n) is 7.24. The van der Waals surface area contributed by atoms with Gasteiger partial charge in [-0.3, -0.25) is 0 Å². The van der Waals surface area contributed by atoms with E-state index in [-0.39, 0.29) is 23.9 Å². The van der Waals surface area contributed by atoms with Crippen molar-refractivity contribution in [3.05, 3.63) is 42.5 Å². The average molecular weight is 331 g/mol. The summed E-state index contributed by atoms with van der Waals surface area (Å²) in [6.45, 7) is 7.67. The van der Waals surface area contributed by atoms with Crippen LogP contribution in [0.25, 0.3) is 0 Å². The second-order valence-electron chi connectivity index (χ2n) is 4.75. The first kappa shape index (κ1) is 21.1. The second kappa shape index (κ2) is 10.8.